The zero-order chi connectivity index (χ0) is 20.3. The second-order valence-corrected chi connectivity index (χ2v) is 8.18. The molecule has 5 heteroatoms. The number of carbonyl (C=O) groups is 2. The first-order valence-electron chi connectivity index (χ1n) is 10.5. The lowest BCUT2D eigenvalue weighted by atomic mass is 9.87. The van der Waals surface area contributed by atoms with Crippen molar-refractivity contribution in [1.82, 2.24) is 0 Å². The molecule has 1 aliphatic carbocycles. The van der Waals surface area contributed by atoms with Crippen molar-refractivity contribution in [3.63, 3.8) is 0 Å². The van der Waals surface area contributed by atoms with Crippen LogP contribution in [0, 0.1) is 11.8 Å². The van der Waals surface area contributed by atoms with E-state index in [-0.39, 0.29) is 30.0 Å². The Morgan fingerprint density at radius 3 is 2.63 bits per heavy atom. The lowest BCUT2D eigenvalue weighted by Crippen LogP contribution is -2.23. The van der Waals surface area contributed by atoms with E-state index in [4.69, 9.17) is 0 Å². The van der Waals surface area contributed by atoms with Crippen LogP contribution in [-0.4, -0.2) is 40.8 Å². The third kappa shape index (κ3) is 9.02. The fourth-order valence-electron chi connectivity index (χ4n) is 3.82. The van der Waals surface area contributed by atoms with Crippen molar-refractivity contribution in [2.24, 2.45) is 11.8 Å². The fourth-order valence-corrected chi connectivity index (χ4v) is 3.82. The third-order valence-corrected chi connectivity index (χ3v) is 5.59. The molecule has 0 bridgehead atoms. The van der Waals surface area contributed by atoms with Crippen LogP contribution in [0.15, 0.2) is 12.2 Å². The molecular formula is C22H38O5. The van der Waals surface area contributed by atoms with E-state index in [1.54, 1.807) is 0 Å². The van der Waals surface area contributed by atoms with Gasteiger partial charge in [0, 0.05) is 24.7 Å². The minimum atomic E-state index is -0.727. The van der Waals surface area contributed by atoms with Crippen molar-refractivity contribution < 1.29 is 24.5 Å². The highest BCUT2D eigenvalue weighted by Gasteiger charge is 2.39. The lowest BCUT2D eigenvalue weighted by molar-refractivity contribution is -0.140. The number of esters is 1. The first-order valence-corrected chi connectivity index (χ1v) is 10.5. The van der Waals surface area contributed by atoms with Crippen molar-refractivity contribution in [2.45, 2.75) is 96.2 Å². The average molecular weight is 383 g/mol. The van der Waals surface area contributed by atoms with Gasteiger partial charge in [-0.25, -0.2) is 0 Å². The van der Waals surface area contributed by atoms with Gasteiger partial charge in [0.05, 0.1) is 18.8 Å². The van der Waals surface area contributed by atoms with E-state index in [9.17, 15) is 19.8 Å². The minimum Gasteiger partial charge on any atom is -0.469 e. The molecule has 0 spiro atoms. The Morgan fingerprint density at radius 1 is 1.26 bits per heavy atom. The summed E-state index contributed by atoms with van der Waals surface area (Å²) in [5.41, 5.74) is -0.727. The highest BCUT2D eigenvalue weighted by atomic mass is 16.5. The van der Waals surface area contributed by atoms with Crippen LogP contribution in [0.25, 0.3) is 0 Å². The number of hydrogen-bond acceptors (Lipinski definition) is 5. The van der Waals surface area contributed by atoms with Gasteiger partial charge in [0.15, 0.2) is 0 Å². The van der Waals surface area contributed by atoms with Gasteiger partial charge in [0.25, 0.3) is 0 Å². The molecule has 0 aromatic carbocycles. The molecule has 27 heavy (non-hydrogen) atoms. The van der Waals surface area contributed by atoms with Crippen LogP contribution in [0.2, 0.25) is 0 Å². The Bertz CT molecular complexity index is 483. The molecule has 1 saturated carbocycles. The van der Waals surface area contributed by atoms with E-state index in [1.165, 1.54) is 7.11 Å². The van der Waals surface area contributed by atoms with Crippen molar-refractivity contribution >= 4 is 11.8 Å². The summed E-state index contributed by atoms with van der Waals surface area (Å²) in [6.07, 6.45) is 11.7. The molecule has 0 aromatic rings. The maximum absolute atomic E-state index is 12.2. The minimum absolute atomic E-state index is 0.127. The van der Waals surface area contributed by atoms with Crippen LogP contribution in [0.1, 0.15) is 84.5 Å². The molecule has 5 nitrogen and oxygen atoms in total. The topological polar surface area (TPSA) is 83.8 Å². The molecule has 4 atom stereocenters. The van der Waals surface area contributed by atoms with E-state index in [0.717, 1.165) is 51.4 Å². The summed E-state index contributed by atoms with van der Waals surface area (Å²) >= 11 is 0. The van der Waals surface area contributed by atoms with Gasteiger partial charge in [0.1, 0.15) is 5.78 Å². The summed E-state index contributed by atoms with van der Waals surface area (Å²) in [7, 11) is 1.40. The van der Waals surface area contributed by atoms with E-state index in [0.29, 0.717) is 12.8 Å². The summed E-state index contributed by atoms with van der Waals surface area (Å²) in [4.78, 5) is 23.3. The van der Waals surface area contributed by atoms with Gasteiger partial charge in [-0.1, -0.05) is 51.2 Å². The highest BCUT2D eigenvalue weighted by Crippen LogP contribution is 2.34. The van der Waals surface area contributed by atoms with Crippen LogP contribution in [0.4, 0.5) is 0 Å². The molecular weight excluding hydrogens is 344 g/mol. The Kier molecular flexibility index (Phi) is 10.9. The molecule has 0 aromatic heterocycles. The number of methoxy groups -OCH3 is 1. The van der Waals surface area contributed by atoms with Gasteiger partial charge in [0.2, 0.25) is 0 Å². The molecule has 1 fully saturated rings. The van der Waals surface area contributed by atoms with Crippen LogP contribution in [0.5, 0.6) is 0 Å². The quantitative estimate of drug-likeness (QED) is 0.286. The number of rotatable bonds is 13. The number of ketones is 1. The first-order chi connectivity index (χ1) is 12.8. The molecule has 156 valence electrons. The van der Waals surface area contributed by atoms with Crippen LogP contribution in [0.3, 0.4) is 0 Å². The smallest absolute Gasteiger partial charge is 0.305 e. The van der Waals surface area contributed by atoms with Crippen LogP contribution in [-0.2, 0) is 14.3 Å². The molecule has 1 rings (SSSR count). The van der Waals surface area contributed by atoms with E-state index < -0.39 is 11.7 Å². The Morgan fingerprint density at radius 2 is 1.96 bits per heavy atom. The van der Waals surface area contributed by atoms with Gasteiger partial charge >= 0.3 is 5.97 Å². The van der Waals surface area contributed by atoms with Gasteiger partial charge in [-0.3, -0.25) is 9.59 Å². The Hall–Kier alpha value is -1.20. The molecule has 0 amide bonds. The molecule has 0 saturated heterocycles. The fraction of sp³-hybridized carbons (Fsp3) is 0.818. The molecule has 2 N–H and O–H groups in total. The van der Waals surface area contributed by atoms with E-state index in [1.807, 2.05) is 19.1 Å². The maximum Gasteiger partial charge on any atom is 0.305 e. The van der Waals surface area contributed by atoms with Crippen molar-refractivity contribution in [2.75, 3.05) is 7.11 Å². The Labute approximate surface area is 164 Å². The van der Waals surface area contributed by atoms with E-state index >= 15 is 0 Å². The summed E-state index contributed by atoms with van der Waals surface area (Å²) < 4.78 is 4.62. The number of aliphatic hydroxyl groups is 2. The average Bonchev–Trinajstić information content (AvgIpc) is 2.89. The predicted molar refractivity (Wildman–Crippen MR) is 106 cm³/mol. The molecule has 1 unspecified atom stereocenters. The second kappa shape index (κ2) is 12.3. The summed E-state index contributed by atoms with van der Waals surface area (Å²) in [6.45, 7) is 3.95. The summed E-state index contributed by atoms with van der Waals surface area (Å²) in [6, 6.07) is 0. The zero-order valence-corrected chi connectivity index (χ0v) is 17.3. The summed E-state index contributed by atoms with van der Waals surface area (Å²) in [5.74, 6) is -0.305. The van der Waals surface area contributed by atoms with Gasteiger partial charge in [-0.05, 0) is 32.6 Å². The third-order valence-electron chi connectivity index (χ3n) is 5.59. The van der Waals surface area contributed by atoms with Gasteiger partial charge in [-0.2, -0.15) is 0 Å². The van der Waals surface area contributed by atoms with Crippen LogP contribution < -0.4 is 0 Å². The standard InChI is InChI=1S/C22H38O5/c1-4-5-14-22(2,26)15-10-12-18-17(19(23)16-20(18)24)11-8-6-7-9-13-21(25)27-3/h10,12,17-18,20,24,26H,4-9,11,13-16H2,1-3H3/b12-10+/t17-,18-,20-,22?/m0/s1. The lowest BCUT2D eigenvalue weighted by Gasteiger charge is -2.22. The van der Waals surface area contributed by atoms with Crippen LogP contribution >= 0.6 is 0 Å². The SMILES string of the molecule is CCCCC(C)(O)C/C=C/[C@H]1[C@H](CCCCCCC(=O)OC)C(=O)C[C@@H]1O. The normalized spacial score (nSPS) is 25.1. The second-order valence-electron chi connectivity index (χ2n) is 8.18. The van der Waals surface area contributed by atoms with Gasteiger partial charge < -0.3 is 14.9 Å². The number of hydrogen-bond donors (Lipinski definition) is 2. The molecule has 0 radical (unpaired) electrons. The number of ether oxygens (including phenoxy) is 1. The number of unbranched alkanes of at least 4 members (excludes halogenated alkanes) is 4. The molecule has 0 heterocycles. The number of aliphatic hydroxyl groups excluding tert-OH is 1. The largest absolute Gasteiger partial charge is 0.469 e. The first kappa shape index (κ1) is 23.8. The monoisotopic (exact) mass is 382 g/mol. The number of Topliss-reactive ketones (excluding diaryl/α,β-unsaturated/α-hetero) is 1. The van der Waals surface area contributed by atoms with Gasteiger partial charge in [-0.15, -0.1) is 0 Å². The van der Waals surface area contributed by atoms with Crippen molar-refractivity contribution in [1.29, 1.82) is 0 Å². The molecule has 0 aliphatic heterocycles. The van der Waals surface area contributed by atoms with Crippen molar-refractivity contribution in [3.05, 3.63) is 12.2 Å². The predicted octanol–water partition coefficient (Wildman–Crippen LogP) is 3.95. The van der Waals surface area contributed by atoms with E-state index in [2.05, 4.69) is 11.7 Å². The van der Waals surface area contributed by atoms with Crippen molar-refractivity contribution in [3.8, 4) is 0 Å². The Balaban J connectivity index is 2.42. The zero-order valence-electron chi connectivity index (χ0n) is 17.3. The number of carbonyl (C=O) groups excluding carboxylic acids is 2. The maximum atomic E-state index is 12.2. The summed E-state index contributed by atoms with van der Waals surface area (Å²) in [5, 5.41) is 20.6. The molecule has 1 aliphatic rings. The highest BCUT2D eigenvalue weighted by molar-refractivity contribution is 5.84.